The molecular weight excluding hydrogens is 378 g/mol. The lowest BCUT2D eigenvalue weighted by Gasteiger charge is -2.07. The van der Waals surface area contributed by atoms with Crippen molar-refractivity contribution in [2.45, 2.75) is 13.0 Å². The third-order valence-corrected chi connectivity index (χ3v) is 4.40. The lowest BCUT2D eigenvalue weighted by Crippen LogP contribution is -2.15. The van der Waals surface area contributed by atoms with Crippen molar-refractivity contribution in [3.63, 3.8) is 0 Å². The minimum atomic E-state index is -0.961. The first-order valence-electron chi connectivity index (χ1n) is 8.97. The van der Waals surface area contributed by atoms with E-state index in [4.69, 9.17) is 4.52 Å². The Labute approximate surface area is 165 Å². The predicted octanol–water partition coefficient (Wildman–Crippen LogP) is 3.86. The molecule has 29 heavy (non-hydrogen) atoms. The molecule has 0 bridgehead atoms. The van der Waals surface area contributed by atoms with Gasteiger partial charge in [-0.2, -0.15) is 0 Å². The minimum Gasteiger partial charge on any atom is -0.382 e. The summed E-state index contributed by atoms with van der Waals surface area (Å²) < 4.78 is 35.0. The topological polar surface area (TPSA) is 84.6 Å². The number of H-pyrrole nitrogens is 1. The van der Waals surface area contributed by atoms with Crippen molar-refractivity contribution in [3.8, 4) is 22.6 Å². The smallest absolute Gasteiger partial charge is 0.194 e. The molecule has 0 aliphatic carbocycles. The van der Waals surface area contributed by atoms with Crippen LogP contribution in [-0.4, -0.2) is 31.2 Å². The molecule has 2 N–H and O–H groups in total. The van der Waals surface area contributed by atoms with Crippen LogP contribution in [0.5, 0.6) is 0 Å². The summed E-state index contributed by atoms with van der Waals surface area (Å²) in [6.45, 7) is 5.52. The van der Waals surface area contributed by atoms with E-state index in [9.17, 15) is 8.78 Å². The largest absolute Gasteiger partial charge is 0.382 e. The van der Waals surface area contributed by atoms with Crippen LogP contribution in [0.25, 0.3) is 28.3 Å². The van der Waals surface area contributed by atoms with Crippen LogP contribution in [0.3, 0.4) is 0 Å². The predicted molar refractivity (Wildman–Crippen MR) is 103 cm³/mol. The van der Waals surface area contributed by atoms with Gasteiger partial charge in [0.05, 0.1) is 23.8 Å². The summed E-state index contributed by atoms with van der Waals surface area (Å²) in [4.78, 5) is 11.4. The Morgan fingerprint density at radius 2 is 2.17 bits per heavy atom. The van der Waals surface area contributed by atoms with Crippen molar-refractivity contribution in [1.82, 2.24) is 30.0 Å². The van der Waals surface area contributed by atoms with Gasteiger partial charge < -0.3 is 19.4 Å². The standard InChI is InChI=1S/C20H18F2N6O/c1-13(24-6-3-8-28-9-7-23-12-28)20-25-11-17(27-20)19-15(10-26-29-19)14-4-2-5-16(21)18(14)22/h2,4-5,7,9-12,24H,1,3,6,8H2,(H,25,27). The highest BCUT2D eigenvalue weighted by atomic mass is 19.2. The lowest BCUT2D eigenvalue weighted by molar-refractivity contribution is 0.431. The Bertz CT molecular complexity index is 1120. The van der Waals surface area contributed by atoms with E-state index in [0.717, 1.165) is 19.0 Å². The first-order valence-corrected chi connectivity index (χ1v) is 8.97. The number of nitrogens with zero attached hydrogens (tertiary/aromatic N) is 4. The SMILES string of the molecule is C=C(NCCCn1ccnc1)c1nc(-c2oncc2-c2cccc(F)c2F)c[nH]1. The van der Waals surface area contributed by atoms with Gasteiger partial charge in [-0.05, 0) is 12.5 Å². The normalized spacial score (nSPS) is 11.0. The summed E-state index contributed by atoms with van der Waals surface area (Å²) >= 11 is 0. The average Bonchev–Trinajstić information content (AvgIpc) is 3.47. The second-order valence-corrected chi connectivity index (χ2v) is 6.36. The van der Waals surface area contributed by atoms with Crippen LogP contribution >= 0.6 is 0 Å². The molecule has 1 aromatic carbocycles. The Morgan fingerprint density at radius 1 is 1.28 bits per heavy atom. The molecular formula is C20H18F2N6O. The second-order valence-electron chi connectivity index (χ2n) is 6.36. The zero-order chi connectivity index (χ0) is 20.2. The van der Waals surface area contributed by atoms with Gasteiger partial charge in [0.2, 0.25) is 0 Å². The van der Waals surface area contributed by atoms with Gasteiger partial charge in [0.1, 0.15) is 5.69 Å². The summed E-state index contributed by atoms with van der Waals surface area (Å²) in [5, 5.41) is 6.93. The van der Waals surface area contributed by atoms with Crippen LogP contribution in [0.15, 0.2) is 60.4 Å². The number of aromatic amines is 1. The molecule has 0 atom stereocenters. The van der Waals surface area contributed by atoms with E-state index in [1.54, 1.807) is 18.7 Å². The highest BCUT2D eigenvalue weighted by Gasteiger charge is 2.20. The van der Waals surface area contributed by atoms with E-state index in [0.29, 0.717) is 29.3 Å². The van der Waals surface area contributed by atoms with Crippen molar-refractivity contribution in [1.29, 1.82) is 0 Å². The monoisotopic (exact) mass is 396 g/mol. The number of hydrogen-bond donors (Lipinski definition) is 2. The van der Waals surface area contributed by atoms with Crippen LogP contribution in [0.1, 0.15) is 12.2 Å². The number of hydrogen-bond acceptors (Lipinski definition) is 5. The summed E-state index contributed by atoms with van der Waals surface area (Å²) in [5.74, 6) is -1.14. The van der Waals surface area contributed by atoms with E-state index < -0.39 is 11.6 Å². The number of benzene rings is 1. The molecule has 0 radical (unpaired) electrons. The van der Waals surface area contributed by atoms with E-state index in [-0.39, 0.29) is 11.3 Å². The Morgan fingerprint density at radius 3 is 3.00 bits per heavy atom. The zero-order valence-corrected chi connectivity index (χ0v) is 15.4. The molecule has 4 aromatic rings. The van der Waals surface area contributed by atoms with Crippen LogP contribution in [0.2, 0.25) is 0 Å². The third-order valence-electron chi connectivity index (χ3n) is 4.40. The zero-order valence-electron chi connectivity index (χ0n) is 15.4. The molecule has 0 unspecified atom stereocenters. The van der Waals surface area contributed by atoms with Gasteiger partial charge in [-0.3, -0.25) is 0 Å². The molecule has 3 aromatic heterocycles. The van der Waals surface area contributed by atoms with Gasteiger partial charge in [-0.1, -0.05) is 23.9 Å². The molecule has 0 saturated carbocycles. The number of halogens is 2. The highest BCUT2D eigenvalue weighted by Crippen LogP contribution is 2.33. The van der Waals surface area contributed by atoms with Crippen LogP contribution in [0, 0.1) is 11.6 Å². The maximum absolute atomic E-state index is 14.2. The van der Waals surface area contributed by atoms with Crippen LogP contribution in [0.4, 0.5) is 8.78 Å². The first-order chi connectivity index (χ1) is 14.1. The Kier molecular flexibility index (Phi) is 5.19. The molecule has 0 aliphatic rings. The van der Waals surface area contributed by atoms with Gasteiger partial charge in [0.15, 0.2) is 23.2 Å². The molecule has 3 heterocycles. The van der Waals surface area contributed by atoms with Gasteiger partial charge in [0, 0.05) is 37.2 Å². The van der Waals surface area contributed by atoms with Gasteiger partial charge in [-0.25, -0.2) is 18.7 Å². The molecule has 148 valence electrons. The molecule has 0 aliphatic heterocycles. The first kappa shape index (κ1) is 18.6. The quantitative estimate of drug-likeness (QED) is 0.442. The van der Waals surface area contributed by atoms with Crippen molar-refractivity contribution >= 4 is 5.70 Å². The highest BCUT2D eigenvalue weighted by molar-refractivity contribution is 5.78. The van der Waals surface area contributed by atoms with Crippen molar-refractivity contribution in [2.24, 2.45) is 0 Å². The van der Waals surface area contributed by atoms with Gasteiger partial charge in [0.25, 0.3) is 0 Å². The molecule has 0 fully saturated rings. The Hall–Kier alpha value is -3.75. The van der Waals surface area contributed by atoms with Crippen molar-refractivity contribution in [2.75, 3.05) is 6.54 Å². The molecule has 0 amide bonds. The number of nitrogens with one attached hydrogen (secondary N) is 2. The summed E-state index contributed by atoms with van der Waals surface area (Å²) in [6.07, 6.45) is 9.24. The number of rotatable bonds is 8. The van der Waals surface area contributed by atoms with Crippen molar-refractivity contribution in [3.05, 3.63) is 73.4 Å². The maximum Gasteiger partial charge on any atom is 0.194 e. The maximum atomic E-state index is 14.2. The summed E-state index contributed by atoms with van der Waals surface area (Å²) in [6, 6.07) is 3.94. The fourth-order valence-electron chi connectivity index (χ4n) is 2.92. The third kappa shape index (κ3) is 3.93. The van der Waals surface area contributed by atoms with Gasteiger partial charge >= 0.3 is 0 Å². The molecule has 0 spiro atoms. The number of aromatic nitrogens is 5. The fraction of sp³-hybridized carbons (Fsp3) is 0.150. The van der Waals surface area contributed by atoms with E-state index >= 15 is 0 Å². The lowest BCUT2D eigenvalue weighted by atomic mass is 10.1. The molecule has 4 rings (SSSR count). The van der Waals surface area contributed by atoms with E-state index in [1.165, 1.54) is 18.3 Å². The summed E-state index contributed by atoms with van der Waals surface area (Å²) in [5.41, 5.74) is 1.40. The second kappa shape index (κ2) is 8.09. The average molecular weight is 396 g/mol. The van der Waals surface area contributed by atoms with E-state index in [1.807, 2.05) is 10.8 Å². The number of aryl methyl sites for hydroxylation is 1. The van der Waals surface area contributed by atoms with Gasteiger partial charge in [-0.15, -0.1) is 0 Å². The fourth-order valence-corrected chi connectivity index (χ4v) is 2.92. The van der Waals surface area contributed by atoms with Crippen LogP contribution in [-0.2, 0) is 6.54 Å². The molecule has 9 heteroatoms. The molecule has 0 saturated heterocycles. The minimum absolute atomic E-state index is 0.0576. The molecule has 7 nitrogen and oxygen atoms in total. The van der Waals surface area contributed by atoms with Crippen LogP contribution < -0.4 is 5.32 Å². The Balaban J connectivity index is 1.45. The summed E-state index contributed by atoms with van der Waals surface area (Å²) in [7, 11) is 0. The van der Waals surface area contributed by atoms with E-state index in [2.05, 4.69) is 32.0 Å². The number of imidazole rings is 2. The van der Waals surface area contributed by atoms with Crippen molar-refractivity contribution < 1.29 is 13.3 Å².